The van der Waals surface area contributed by atoms with Gasteiger partial charge in [-0.25, -0.2) is 0 Å². The zero-order valence-corrected chi connectivity index (χ0v) is 22.2. The van der Waals surface area contributed by atoms with E-state index < -0.39 is 0 Å². The molecule has 6 aromatic rings. The molecule has 2 unspecified atom stereocenters. The van der Waals surface area contributed by atoms with E-state index in [1.807, 2.05) is 0 Å². The fraction of sp³-hybridized carbons (Fsp3) is 0.0500. The van der Waals surface area contributed by atoms with Gasteiger partial charge in [0.15, 0.2) is 0 Å². The lowest BCUT2D eigenvalue weighted by atomic mass is 9.69. The molecule has 0 nitrogen and oxygen atoms in total. The van der Waals surface area contributed by atoms with E-state index in [9.17, 15) is 0 Å². The van der Waals surface area contributed by atoms with E-state index in [4.69, 9.17) is 0 Å². The second-order valence-corrected chi connectivity index (χ2v) is 10.8. The van der Waals surface area contributed by atoms with Crippen LogP contribution >= 0.6 is 0 Å². The predicted molar refractivity (Wildman–Crippen MR) is 171 cm³/mol. The Morgan fingerprint density at radius 2 is 0.950 bits per heavy atom. The quantitative estimate of drug-likeness (QED) is 0.209. The minimum Gasteiger partial charge on any atom is -0.0761 e. The van der Waals surface area contributed by atoms with E-state index in [0.29, 0.717) is 11.8 Å². The summed E-state index contributed by atoms with van der Waals surface area (Å²) in [5.74, 6) is 0.653. The van der Waals surface area contributed by atoms with Crippen LogP contribution in [0, 0.1) is 5.92 Å². The number of benzene rings is 6. The van der Waals surface area contributed by atoms with Crippen LogP contribution in [0.2, 0.25) is 0 Å². The summed E-state index contributed by atoms with van der Waals surface area (Å²) in [5, 5.41) is 5.23. The van der Waals surface area contributed by atoms with Gasteiger partial charge in [-0.1, -0.05) is 152 Å². The van der Waals surface area contributed by atoms with Crippen molar-refractivity contribution in [1.29, 1.82) is 0 Å². The third-order valence-corrected chi connectivity index (χ3v) is 8.64. The second kappa shape index (κ2) is 9.36. The van der Waals surface area contributed by atoms with E-state index in [2.05, 4.69) is 158 Å². The van der Waals surface area contributed by atoms with Gasteiger partial charge in [0, 0.05) is 11.8 Å². The Morgan fingerprint density at radius 3 is 1.68 bits per heavy atom. The maximum absolute atomic E-state index is 2.45. The molecule has 0 saturated carbocycles. The number of fused-ring (bicyclic) bond motifs is 5. The van der Waals surface area contributed by atoms with Crippen molar-refractivity contribution in [1.82, 2.24) is 0 Å². The number of hydrogen-bond donors (Lipinski definition) is 0. The molecule has 2 aliphatic carbocycles. The number of hydrogen-bond acceptors (Lipinski definition) is 0. The van der Waals surface area contributed by atoms with Gasteiger partial charge in [-0.05, 0) is 72.1 Å². The highest BCUT2D eigenvalue weighted by Gasteiger charge is 2.32. The lowest BCUT2D eigenvalue weighted by Crippen LogP contribution is -2.18. The highest BCUT2D eigenvalue weighted by molar-refractivity contribution is 6.20. The molecule has 0 fully saturated rings. The molecule has 0 bridgehead atoms. The van der Waals surface area contributed by atoms with Gasteiger partial charge >= 0.3 is 0 Å². The van der Waals surface area contributed by atoms with Crippen LogP contribution in [0.15, 0.2) is 152 Å². The van der Waals surface area contributed by atoms with Gasteiger partial charge in [0.25, 0.3) is 0 Å². The van der Waals surface area contributed by atoms with E-state index in [1.54, 1.807) is 0 Å². The predicted octanol–water partition coefficient (Wildman–Crippen LogP) is 10.7. The van der Waals surface area contributed by atoms with E-state index in [-0.39, 0.29) is 0 Å². The van der Waals surface area contributed by atoms with Crippen molar-refractivity contribution < 1.29 is 0 Å². The van der Waals surface area contributed by atoms with Gasteiger partial charge < -0.3 is 0 Å². The molecule has 8 rings (SSSR count). The summed E-state index contributed by atoms with van der Waals surface area (Å²) in [6.07, 6.45) is 11.7. The molecule has 0 radical (unpaired) electrons. The topological polar surface area (TPSA) is 0 Å². The average molecular weight is 509 g/mol. The second-order valence-electron chi connectivity index (χ2n) is 10.8. The molecule has 0 spiro atoms. The number of rotatable bonds is 3. The standard InChI is InChI=1S/C40H28/c1-2-13-27(14-3-1)28-16-12-17-30(25-28)39-34-21-8-10-23-36(34)40(37-24-11-9-22-35(37)39)38-26-29-15-4-5-18-31(29)32-19-6-7-20-33(32)38/h1-26,32-33H. The Bertz CT molecular complexity index is 1940. The summed E-state index contributed by atoms with van der Waals surface area (Å²) >= 11 is 0. The molecule has 0 aliphatic heterocycles. The summed E-state index contributed by atoms with van der Waals surface area (Å²) in [6, 6.07) is 46.6. The first kappa shape index (κ1) is 23.0. The van der Waals surface area contributed by atoms with Crippen molar-refractivity contribution in [3.05, 3.63) is 168 Å². The van der Waals surface area contributed by atoms with Gasteiger partial charge in [-0.3, -0.25) is 0 Å². The first-order valence-corrected chi connectivity index (χ1v) is 14.1. The van der Waals surface area contributed by atoms with Gasteiger partial charge in [0.05, 0.1) is 0 Å². The lowest BCUT2D eigenvalue weighted by Gasteiger charge is -2.34. The summed E-state index contributed by atoms with van der Waals surface area (Å²) in [5.41, 5.74) is 10.5. The Hall–Kier alpha value is -4.94. The van der Waals surface area contributed by atoms with E-state index in [1.165, 1.54) is 66.1 Å². The van der Waals surface area contributed by atoms with E-state index in [0.717, 1.165) is 0 Å². The molecule has 0 heterocycles. The SMILES string of the molecule is C1=CC2C(c3c4ccccc4c(-c4cccc(-c5ccccc5)c4)c4ccccc34)=Cc3ccccc3C2C=C1. The summed E-state index contributed by atoms with van der Waals surface area (Å²) < 4.78 is 0. The summed E-state index contributed by atoms with van der Waals surface area (Å²) in [4.78, 5) is 0. The fourth-order valence-corrected chi connectivity index (χ4v) is 6.89. The third-order valence-electron chi connectivity index (χ3n) is 8.64. The smallest absolute Gasteiger partial charge is 0.0131 e. The van der Waals surface area contributed by atoms with Gasteiger partial charge in [0.2, 0.25) is 0 Å². The number of allylic oxidation sites excluding steroid dienone is 5. The molecule has 0 N–H and O–H groups in total. The normalized spacial score (nSPS) is 17.4. The monoisotopic (exact) mass is 508 g/mol. The zero-order chi connectivity index (χ0) is 26.5. The van der Waals surface area contributed by atoms with E-state index >= 15 is 0 Å². The Balaban J connectivity index is 1.44. The van der Waals surface area contributed by atoms with Crippen molar-refractivity contribution >= 4 is 33.2 Å². The van der Waals surface area contributed by atoms with Crippen LogP contribution in [0.5, 0.6) is 0 Å². The molecule has 0 heteroatoms. The molecular weight excluding hydrogens is 480 g/mol. The van der Waals surface area contributed by atoms with Crippen LogP contribution < -0.4 is 0 Å². The molecule has 0 aromatic heterocycles. The minimum absolute atomic E-state index is 0.305. The van der Waals surface area contributed by atoms with Crippen molar-refractivity contribution in [3.8, 4) is 22.3 Å². The lowest BCUT2D eigenvalue weighted by molar-refractivity contribution is 0.710. The van der Waals surface area contributed by atoms with Gasteiger partial charge in [0.1, 0.15) is 0 Å². The van der Waals surface area contributed by atoms with Crippen molar-refractivity contribution in [2.45, 2.75) is 5.92 Å². The molecule has 188 valence electrons. The van der Waals surface area contributed by atoms with Gasteiger partial charge in [-0.2, -0.15) is 0 Å². The van der Waals surface area contributed by atoms with Crippen LogP contribution in [-0.2, 0) is 0 Å². The minimum atomic E-state index is 0.305. The van der Waals surface area contributed by atoms with Crippen LogP contribution in [0.3, 0.4) is 0 Å². The Morgan fingerprint density at radius 1 is 0.400 bits per heavy atom. The maximum atomic E-state index is 2.45. The molecule has 2 aliphatic rings. The van der Waals surface area contributed by atoms with Crippen LogP contribution in [0.1, 0.15) is 22.6 Å². The van der Waals surface area contributed by atoms with Gasteiger partial charge in [-0.15, -0.1) is 0 Å². The fourth-order valence-electron chi connectivity index (χ4n) is 6.89. The third kappa shape index (κ3) is 3.61. The molecule has 0 saturated heterocycles. The zero-order valence-electron chi connectivity index (χ0n) is 22.2. The Kier molecular flexibility index (Phi) is 5.38. The van der Waals surface area contributed by atoms with Crippen molar-refractivity contribution in [3.63, 3.8) is 0 Å². The summed E-state index contributed by atoms with van der Waals surface area (Å²) in [6.45, 7) is 0. The maximum Gasteiger partial charge on any atom is 0.0131 e. The van der Waals surface area contributed by atoms with Crippen LogP contribution in [0.4, 0.5) is 0 Å². The van der Waals surface area contributed by atoms with Crippen LogP contribution in [-0.4, -0.2) is 0 Å². The highest BCUT2D eigenvalue weighted by Crippen LogP contribution is 2.50. The molecule has 40 heavy (non-hydrogen) atoms. The highest BCUT2D eigenvalue weighted by atomic mass is 14.3. The summed E-state index contributed by atoms with van der Waals surface area (Å²) in [7, 11) is 0. The molecule has 0 amide bonds. The van der Waals surface area contributed by atoms with Crippen molar-refractivity contribution in [2.75, 3.05) is 0 Å². The van der Waals surface area contributed by atoms with Crippen LogP contribution in [0.25, 0.3) is 55.4 Å². The molecule has 2 atom stereocenters. The average Bonchev–Trinajstić information content (AvgIpc) is 3.04. The first-order chi connectivity index (χ1) is 19.9. The Labute approximate surface area is 235 Å². The largest absolute Gasteiger partial charge is 0.0761 e. The first-order valence-electron chi connectivity index (χ1n) is 14.1. The molecular formula is C40H28. The molecule has 6 aromatic carbocycles. The van der Waals surface area contributed by atoms with Crippen molar-refractivity contribution in [2.24, 2.45) is 5.92 Å².